The average Bonchev–Trinajstić information content (AvgIpc) is 2.58. The van der Waals surface area contributed by atoms with E-state index < -0.39 is 0 Å². The number of carbonyl (C=O) groups is 1. The first-order valence-corrected chi connectivity index (χ1v) is 9.45. The van der Waals surface area contributed by atoms with Crippen LogP contribution in [0.1, 0.15) is 28.8 Å². The third kappa shape index (κ3) is 7.68. The number of thioether (sulfide) groups is 1. The second-order valence-corrected chi connectivity index (χ2v) is 6.33. The SMILES string of the molecule is CN=C(NCCCCSC)NCCNC(=O)c1ccc(C)c(F)c1. The van der Waals surface area contributed by atoms with Gasteiger partial charge in [-0.2, -0.15) is 11.8 Å². The fraction of sp³-hybridized carbons (Fsp3) is 0.529. The highest BCUT2D eigenvalue weighted by molar-refractivity contribution is 7.98. The molecule has 0 bridgehead atoms. The molecule has 0 saturated heterocycles. The van der Waals surface area contributed by atoms with Gasteiger partial charge in [0, 0.05) is 32.2 Å². The summed E-state index contributed by atoms with van der Waals surface area (Å²) in [5.74, 6) is 1.23. The molecule has 0 aliphatic heterocycles. The Hall–Kier alpha value is -1.76. The summed E-state index contributed by atoms with van der Waals surface area (Å²) in [6.45, 7) is 3.52. The van der Waals surface area contributed by atoms with Crippen molar-refractivity contribution in [2.75, 3.05) is 38.7 Å². The lowest BCUT2D eigenvalue weighted by molar-refractivity contribution is 0.0954. The minimum atomic E-state index is -0.369. The fourth-order valence-corrected chi connectivity index (χ4v) is 2.48. The van der Waals surface area contributed by atoms with E-state index in [1.54, 1.807) is 26.1 Å². The Labute approximate surface area is 147 Å². The normalized spacial score (nSPS) is 11.2. The molecule has 0 fully saturated rings. The van der Waals surface area contributed by atoms with E-state index >= 15 is 0 Å². The van der Waals surface area contributed by atoms with E-state index in [0.717, 1.165) is 18.9 Å². The Bertz CT molecular complexity index is 551. The molecule has 7 heteroatoms. The van der Waals surface area contributed by atoms with Crippen molar-refractivity contribution in [1.29, 1.82) is 0 Å². The second kappa shape index (κ2) is 11.7. The van der Waals surface area contributed by atoms with E-state index in [4.69, 9.17) is 0 Å². The topological polar surface area (TPSA) is 65.5 Å². The van der Waals surface area contributed by atoms with Crippen LogP contribution in [-0.4, -0.2) is 50.6 Å². The molecule has 134 valence electrons. The summed E-state index contributed by atoms with van der Waals surface area (Å²) in [4.78, 5) is 16.1. The molecule has 0 aromatic heterocycles. The van der Waals surface area contributed by atoms with Crippen molar-refractivity contribution >= 4 is 23.6 Å². The molecule has 24 heavy (non-hydrogen) atoms. The number of hydrogen-bond acceptors (Lipinski definition) is 3. The Kier molecular flexibility index (Phi) is 9.91. The van der Waals surface area contributed by atoms with E-state index in [1.807, 2.05) is 11.8 Å². The lowest BCUT2D eigenvalue weighted by Crippen LogP contribution is -2.41. The zero-order chi connectivity index (χ0) is 17.8. The largest absolute Gasteiger partial charge is 0.356 e. The van der Waals surface area contributed by atoms with E-state index in [1.165, 1.54) is 18.2 Å². The number of guanidine groups is 1. The van der Waals surface area contributed by atoms with Crippen molar-refractivity contribution in [3.05, 3.63) is 35.1 Å². The molecule has 3 N–H and O–H groups in total. The van der Waals surface area contributed by atoms with Crippen molar-refractivity contribution in [2.24, 2.45) is 4.99 Å². The number of rotatable bonds is 9. The number of amides is 1. The van der Waals surface area contributed by atoms with Crippen LogP contribution in [0.5, 0.6) is 0 Å². The number of carbonyl (C=O) groups excluding carboxylic acids is 1. The highest BCUT2D eigenvalue weighted by Crippen LogP contribution is 2.08. The highest BCUT2D eigenvalue weighted by Gasteiger charge is 2.07. The van der Waals surface area contributed by atoms with Gasteiger partial charge in [0.05, 0.1) is 0 Å². The van der Waals surface area contributed by atoms with Crippen LogP contribution in [0.2, 0.25) is 0 Å². The van der Waals surface area contributed by atoms with Crippen LogP contribution in [0.4, 0.5) is 4.39 Å². The number of aryl methyl sites for hydroxylation is 1. The van der Waals surface area contributed by atoms with Gasteiger partial charge in [-0.25, -0.2) is 4.39 Å². The number of halogens is 1. The maximum Gasteiger partial charge on any atom is 0.251 e. The summed E-state index contributed by atoms with van der Waals surface area (Å²) in [5, 5.41) is 9.12. The third-order valence-corrected chi connectivity index (χ3v) is 4.13. The number of benzene rings is 1. The molecule has 1 rings (SSSR count). The lowest BCUT2D eigenvalue weighted by atomic mass is 10.1. The molecule has 0 spiro atoms. The predicted molar refractivity (Wildman–Crippen MR) is 100 cm³/mol. The van der Waals surface area contributed by atoms with E-state index in [2.05, 4.69) is 27.2 Å². The first kappa shape index (κ1) is 20.3. The van der Waals surface area contributed by atoms with Crippen molar-refractivity contribution in [3.8, 4) is 0 Å². The number of nitrogens with zero attached hydrogens (tertiary/aromatic N) is 1. The minimum Gasteiger partial charge on any atom is -0.356 e. The highest BCUT2D eigenvalue weighted by atomic mass is 32.2. The van der Waals surface area contributed by atoms with Crippen molar-refractivity contribution in [3.63, 3.8) is 0 Å². The molecule has 1 aromatic carbocycles. The van der Waals surface area contributed by atoms with Gasteiger partial charge < -0.3 is 16.0 Å². The quantitative estimate of drug-likeness (QED) is 0.361. The molecule has 0 unspecified atom stereocenters. The molecular formula is C17H27FN4OS. The van der Waals surface area contributed by atoms with Crippen molar-refractivity contribution in [1.82, 2.24) is 16.0 Å². The van der Waals surface area contributed by atoms with Gasteiger partial charge >= 0.3 is 0 Å². The Morgan fingerprint density at radius 1 is 1.17 bits per heavy atom. The summed E-state index contributed by atoms with van der Waals surface area (Å²) in [6.07, 6.45) is 4.37. The van der Waals surface area contributed by atoms with Gasteiger partial charge in [0.25, 0.3) is 5.91 Å². The lowest BCUT2D eigenvalue weighted by Gasteiger charge is -2.12. The molecule has 0 atom stereocenters. The third-order valence-electron chi connectivity index (χ3n) is 3.43. The van der Waals surface area contributed by atoms with Crippen LogP contribution in [0, 0.1) is 12.7 Å². The van der Waals surface area contributed by atoms with Crippen LogP contribution in [0.25, 0.3) is 0 Å². The molecule has 0 heterocycles. The molecule has 0 saturated carbocycles. The summed E-state index contributed by atoms with van der Waals surface area (Å²) >= 11 is 1.85. The van der Waals surface area contributed by atoms with Gasteiger partial charge in [0.1, 0.15) is 5.82 Å². The molecule has 1 aromatic rings. The van der Waals surface area contributed by atoms with Gasteiger partial charge in [-0.15, -0.1) is 0 Å². The zero-order valence-corrected chi connectivity index (χ0v) is 15.4. The average molecular weight is 354 g/mol. The maximum absolute atomic E-state index is 13.5. The summed E-state index contributed by atoms with van der Waals surface area (Å²) in [6, 6.07) is 4.48. The Balaban J connectivity index is 2.23. The summed E-state index contributed by atoms with van der Waals surface area (Å²) in [7, 11) is 1.71. The maximum atomic E-state index is 13.5. The van der Waals surface area contributed by atoms with Gasteiger partial charge in [0.15, 0.2) is 5.96 Å². The molecular weight excluding hydrogens is 327 g/mol. The van der Waals surface area contributed by atoms with Gasteiger partial charge in [-0.3, -0.25) is 9.79 Å². The second-order valence-electron chi connectivity index (χ2n) is 5.35. The molecule has 0 aliphatic rings. The number of hydrogen-bond donors (Lipinski definition) is 3. The molecule has 0 aliphatic carbocycles. The molecule has 0 radical (unpaired) electrons. The van der Waals surface area contributed by atoms with Crippen LogP contribution in [0.15, 0.2) is 23.2 Å². The monoisotopic (exact) mass is 354 g/mol. The Morgan fingerprint density at radius 2 is 1.88 bits per heavy atom. The number of nitrogens with one attached hydrogen (secondary N) is 3. The Morgan fingerprint density at radius 3 is 2.54 bits per heavy atom. The summed E-state index contributed by atoms with van der Waals surface area (Å²) < 4.78 is 13.5. The van der Waals surface area contributed by atoms with Crippen LogP contribution in [-0.2, 0) is 0 Å². The van der Waals surface area contributed by atoms with E-state index in [-0.39, 0.29) is 11.7 Å². The van der Waals surface area contributed by atoms with Crippen LogP contribution in [0.3, 0.4) is 0 Å². The van der Waals surface area contributed by atoms with Crippen LogP contribution < -0.4 is 16.0 Å². The fourth-order valence-electron chi connectivity index (χ4n) is 1.99. The smallest absolute Gasteiger partial charge is 0.251 e. The first-order valence-electron chi connectivity index (χ1n) is 8.06. The zero-order valence-electron chi connectivity index (χ0n) is 14.6. The van der Waals surface area contributed by atoms with Gasteiger partial charge in [-0.05, 0) is 49.5 Å². The number of unbranched alkanes of at least 4 members (excludes halogenated alkanes) is 1. The first-order chi connectivity index (χ1) is 11.6. The van der Waals surface area contributed by atoms with E-state index in [0.29, 0.717) is 24.2 Å². The van der Waals surface area contributed by atoms with Gasteiger partial charge in [-0.1, -0.05) is 6.07 Å². The van der Waals surface area contributed by atoms with Gasteiger partial charge in [0.2, 0.25) is 0 Å². The number of aliphatic imine (C=N–C) groups is 1. The van der Waals surface area contributed by atoms with Crippen molar-refractivity contribution in [2.45, 2.75) is 19.8 Å². The molecule has 5 nitrogen and oxygen atoms in total. The molecule has 1 amide bonds. The predicted octanol–water partition coefficient (Wildman–Crippen LogP) is 2.17. The standard InChI is InChI=1S/C17H27FN4OS/c1-13-6-7-14(12-15(13)18)16(23)20-9-10-22-17(19-2)21-8-4-5-11-24-3/h6-7,12H,4-5,8-11H2,1-3H3,(H,20,23)(H2,19,21,22). The van der Waals surface area contributed by atoms with E-state index in [9.17, 15) is 9.18 Å². The summed E-state index contributed by atoms with van der Waals surface area (Å²) in [5.41, 5.74) is 0.857. The van der Waals surface area contributed by atoms with Crippen LogP contribution >= 0.6 is 11.8 Å². The minimum absolute atomic E-state index is 0.282. The van der Waals surface area contributed by atoms with Crippen molar-refractivity contribution < 1.29 is 9.18 Å².